The number of hydrogen-bond acceptors (Lipinski definition) is 5. The Kier molecular flexibility index (Phi) is 6.56. The van der Waals surface area contributed by atoms with E-state index in [4.69, 9.17) is 4.74 Å². The van der Waals surface area contributed by atoms with Crippen LogP contribution in [-0.4, -0.2) is 32.2 Å². The zero-order valence-electron chi connectivity index (χ0n) is 14.2. The Balaban J connectivity index is 2.11. The van der Waals surface area contributed by atoms with Crippen molar-refractivity contribution in [2.24, 2.45) is 0 Å². The third-order valence-electron chi connectivity index (χ3n) is 3.46. The average molecular weight is 373 g/mol. The number of rotatable bonds is 9. The molecule has 1 aromatic carbocycles. The van der Waals surface area contributed by atoms with Gasteiger partial charge in [-0.1, -0.05) is 18.3 Å². The van der Waals surface area contributed by atoms with Crippen LogP contribution in [0.2, 0.25) is 0 Å². The molecule has 0 atom stereocenters. The fourth-order valence-corrected chi connectivity index (χ4v) is 4.46. The van der Waals surface area contributed by atoms with Gasteiger partial charge in [0, 0.05) is 19.7 Å². The van der Waals surface area contributed by atoms with E-state index in [1.165, 1.54) is 0 Å². The largest absolute Gasteiger partial charge is 0.379 e. The minimum atomic E-state index is -3.58. The van der Waals surface area contributed by atoms with Crippen LogP contribution in [0.25, 0.3) is 10.2 Å². The van der Waals surface area contributed by atoms with Crippen molar-refractivity contribution in [1.29, 1.82) is 0 Å². The molecule has 0 fully saturated rings. The van der Waals surface area contributed by atoms with E-state index >= 15 is 0 Å². The molecule has 0 unspecified atom stereocenters. The maximum absolute atomic E-state index is 12.4. The van der Waals surface area contributed by atoms with Crippen LogP contribution in [0.1, 0.15) is 33.6 Å². The summed E-state index contributed by atoms with van der Waals surface area (Å²) in [6.07, 6.45) is 1.60. The summed E-state index contributed by atoms with van der Waals surface area (Å²) in [5, 5.41) is 0. The minimum Gasteiger partial charge on any atom is -0.379 e. The highest BCUT2D eigenvalue weighted by Gasteiger charge is 2.16. The molecule has 0 amide bonds. The first-order valence-electron chi connectivity index (χ1n) is 8.10. The molecule has 1 N–H and O–H groups in total. The van der Waals surface area contributed by atoms with E-state index in [0.717, 1.165) is 23.3 Å². The highest BCUT2D eigenvalue weighted by Crippen LogP contribution is 2.22. The maximum Gasteiger partial charge on any atom is 0.308 e. The lowest BCUT2D eigenvalue weighted by molar-refractivity contribution is 0.0778. The van der Waals surface area contributed by atoms with Gasteiger partial charge in [0.2, 0.25) is 10.0 Å². The smallest absolute Gasteiger partial charge is 0.308 e. The van der Waals surface area contributed by atoms with E-state index in [9.17, 15) is 13.2 Å². The van der Waals surface area contributed by atoms with E-state index in [1.54, 1.807) is 22.8 Å². The van der Waals surface area contributed by atoms with Gasteiger partial charge in [-0.15, -0.1) is 0 Å². The summed E-state index contributed by atoms with van der Waals surface area (Å²) in [7, 11) is -3.58. The Morgan fingerprint density at radius 2 is 2.08 bits per heavy atom. The fourth-order valence-electron chi connectivity index (χ4n) is 2.33. The lowest BCUT2D eigenvalue weighted by Crippen LogP contribution is -2.25. The number of hydrogen-bond donors (Lipinski definition) is 1. The van der Waals surface area contributed by atoms with E-state index in [0.29, 0.717) is 30.8 Å². The first kappa shape index (κ1) is 19.1. The molecular formula is C16H24N2O4S2. The van der Waals surface area contributed by atoms with Gasteiger partial charge < -0.3 is 4.74 Å². The molecule has 0 aliphatic heterocycles. The summed E-state index contributed by atoms with van der Waals surface area (Å²) < 4.78 is 35.1. The number of nitrogens with zero attached hydrogens (tertiary/aromatic N) is 1. The van der Waals surface area contributed by atoms with Gasteiger partial charge in [-0.25, -0.2) is 13.1 Å². The Morgan fingerprint density at radius 1 is 1.33 bits per heavy atom. The van der Waals surface area contributed by atoms with Gasteiger partial charge >= 0.3 is 4.87 Å². The number of sulfonamides is 1. The third-order valence-corrected chi connectivity index (χ3v) is 5.86. The van der Waals surface area contributed by atoms with Gasteiger partial charge in [-0.2, -0.15) is 0 Å². The van der Waals surface area contributed by atoms with Crippen LogP contribution in [0.3, 0.4) is 0 Å². The number of benzene rings is 1. The molecule has 6 nitrogen and oxygen atoms in total. The van der Waals surface area contributed by atoms with Crippen LogP contribution >= 0.6 is 11.3 Å². The van der Waals surface area contributed by atoms with Crippen LogP contribution in [0, 0.1) is 0 Å². The van der Waals surface area contributed by atoms with E-state index < -0.39 is 10.0 Å². The van der Waals surface area contributed by atoms with Gasteiger partial charge in [-0.3, -0.25) is 9.36 Å². The standard InChI is InChI=1S/C16H24N2O4S2/c1-4-9-18-14-7-6-13(11-15(14)23-16(18)19)24(20,21)17-8-5-10-22-12(2)3/h6-7,11-12,17H,4-5,8-10H2,1-3H3. The van der Waals surface area contributed by atoms with Gasteiger partial charge in [0.25, 0.3) is 0 Å². The van der Waals surface area contributed by atoms with Crippen molar-refractivity contribution in [2.45, 2.75) is 51.2 Å². The van der Waals surface area contributed by atoms with Crippen LogP contribution in [0.5, 0.6) is 0 Å². The molecule has 0 saturated carbocycles. The molecule has 2 aromatic rings. The number of nitrogens with one attached hydrogen (secondary N) is 1. The molecule has 0 radical (unpaired) electrons. The van der Waals surface area contributed by atoms with Gasteiger partial charge in [0.1, 0.15) is 0 Å². The van der Waals surface area contributed by atoms with Crippen molar-refractivity contribution in [3.05, 3.63) is 27.9 Å². The number of ether oxygens (including phenoxy) is 1. The van der Waals surface area contributed by atoms with E-state index in [-0.39, 0.29) is 15.9 Å². The lowest BCUT2D eigenvalue weighted by Gasteiger charge is -2.09. The van der Waals surface area contributed by atoms with Gasteiger partial charge in [0.05, 0.1) is 21.2 Å². The molecular weight excluding hydrogens is 348 g/mol. The van der Waals surface area contributed by atoms with E-state index in [1.807, 2.05) is 20.8 Å². The summed E-state index contributed by atoms with van der Waals surface area (Å²) in [5.41, 5.74) is 0.788. The van der Waals surface area contributed by atoms with Crippen molar-refractivity contribution >= 4 is 31.6 Å². The first-order valence-corrected chi connectivity index (χ1v) is 10.4. The monoisotopic (exact) mass is 372 g/mol. The zero-order chi connectivity index (χ0) is 17.7. The van der Waals surface area contributed by atoms with Crippen LogP contribution < -0.4 is 9.60 Å². The summed E-state index contributed by atoms with van der Waals surface area (Å²) >= 11 is 1.08. The Hall–Kier alpha value is -1.22. The molecule has 0 aliphatic carbocycles. The first-order chi connectivity index (χ1) is 11.3. The van der Waals surface area contributed by atoms with Crippen molar-refractivity contribution in [2.75, 3.05) is 13.2 Å². The Labute approximate surface area is 146 Å². The van der Waals surface area contributed by atoms with Gasteiger partial charge in [-0.05, 0) is 44.9 Å². The average Bonchev–Trinajstić information content (AvgIpc) is 2.82. The quantitative estimate of drug-likeness (QED) is 0.686. The highest BCUT2D eigenvalue weighted by atomic mass is 32.2. The topological polar surface area (TPSA) is 77.4 Å². The maximum atomic E-state index is 12.4. The molecule has 0 aliphatic rings. The Bertz CT molecular complexity index is 837. The van der Waals surface area contributed by atoms with Crippen molar-refractivity contribution in [1.82, 2.24) is 9.29 Å². The number of thiazole rings is 1. The molecule has 8 heteroatoms. The fraction of sp³-hybridized carbons (Fsp3) is 0.562. The second kappa shape index (κ2) is 8.24. The van der Waals surface area contributed by atoms with Crippen molar-refractivity contribution in [3.63, 3.8) is 0 Å². The molecule has 2 rings (SSSR count). The summed E-state index contributed by atoms with van der Waals surface area (Å²) in [6.45, 7) is 7.35. The highest BCUT2D eigenvalue weighted by molar-refractivity contribution is 7.89. The van der Waals surface area contributed by atoms with Crippen LogP contribution in [0.4, 0.5) is 0 Å². The molecule has 0 bridgehead atoms. The molecule has 1 aromatic heterocycles. The number of fused-ring (bicyclic) bond motifs is 1. The molecule has 0 saturated heterocycles. The molecule has 24 heavy (non-hydrogen) atoms. The summed E-state index contributed by atoms with van der Waals surface area (Å²) in [5.74, 6) is 0. The second-order valence-corrected chi connectivity index (χ2v) is 8.58. The second-order valence-electron chi connectivity index (χ2n) is 5.82. The lowest BCUT2D eigenvalue weighted by atomic mass is 10.3. The molecule has 0 spiro atoms. The molecule has 1 heterocycles. The normalized spacial score (nSPS) is 12.3. The van der Waals surface area contributed by atoms with Crippen LogP contribution in [0.15, 0.2) is 27.9 Å². The Morgan fingerprint density at radius 3 is 2.75 bits per heavy atom. The number of aromatic nitrogens is 1. The predicted octanol–water partition coefficient (Wildman–Crippen LogP) is 2.57. The molecule has 134 valence electrons. The SMILES string of the molecule is CCCn1c(=O)sc2cc(S(=O)(=O)NCCCOC(C)C)ccc21. The third kappa shape index (κ3) is 4.66. The van der Waals surface area contributed by atoms with Crippen molar-refractivity contribution in [3.8, 4) is 0 Å². The number of aryl methyl sites for hydroxylation is 1. The zero-order valence-corrected chi connectivity index (χ0v) is 15.9. The summed E-state index contributed by atoms with van der Waals surface area (Å²) in [6, 6.07) is 4.83. The van der Waals surface area contributed by atoms with Gasteiger partial charge in [0.15, 0.2) is 0 Å². The van der Waals surface area contributed by atoms with Crippen LogP contribution in [-0.2, 0) is 21.3 Å². The van der Waals surface area contributed by atoms with E-state index in [2.05, 4.69) is 4.72 Å². The van der Waals surface area contributed by atoms with Crippen molar-refractivity contribution < 1.29 is 13.2 Å². The minimum absolute atomic E-state index is 0.0554. The summed E-state index contributed by atoms with van der Waals surface area (Å²) in [4.78, 5) is 12.1. The predicted molar refractivity (Wildman–Crippen MR) is 97.3 cm³/mol.